The molecule has 0 radical (unpaired) electrons. The molecule has 162 valence electrons. The quantitative estimate of drug-likeness (QED) is 0.296. The summed E-state index contributed by atoms with van der Waals surface area (Å²) < 4.78 is 10.8. The molecular formula is C25H28N2O4. The number of nitrogen functional groups attached to an aromatic ring is 2. The van der Waals surface area contributed by atoms with Crippen LogP contribution in [0.1, 0.15) is 47.2 Å². The fourth-order valence-corrected chi connectivity index (χ4v) is 3.50. The molecule has 0 amide bonds. The number of rotatable bonds is 7. The van der Waals surface area contributed by atoms with Crippen LogP contribution in [0.15, 0.2) is 61.2 Å². The van der Waals surface area contributed by atoms with E-state index in [1.807, 2.05) is 6.08 Å². The van der Waals surface area contributed by atoms with Crippen molar-refractivity contribution in [2.75, 3.05) is 11.5 Å². The Morgan fingerprint density at radius 1 is 1.03 bits per heavy atom. The molecule has 0 bridgehead atoms. The predicted molar refractivity (Wildman–Crippen MR) is 122 cm³/mol. The smallest absolute Gasteiger partial charge is 0.338 e. The van der Waals surface area contributed by atoms with Crippen molar-refractivity contribution in [3.8, 4) is 0 Å². The number of hydrogen-bond acceptors (Lipinski definition) is 6. The third-order valence-electron chi connectivity index (χ3n) is 5.42. The van der Waals surface area contributed by atoms with Crippen molar-refractivity contribution in [2.24, 2.45) is 5.92 Å². The second-order valence-electron chi connectivity index (χ2n) is 7.70. The molecule has 2 aromatic carbocycles. The minimum Gasteiger partial charge on any atom is -0.459 e. The van der Waals surface area contributed by atoms with Gasteiger partial charge in [-0.1, -0.05) is 18.2 Å². The Kier molecular flexibility index (Phi) is 7.49. The molecule has 2 aromatic rings. The zero-order valence-corrected chi connectivity index (χ0v) is 17.5. The van der Waals surface area contributed by atoms with Crippen LogP contribution in [0.5, 0.6) is 0 Å². The Labute approximate surface area is 182 Å². The van der Waals surface area contributed by atoms with Gasteiger partial charge in [0.2, 0.25) is 0 Å². The summed E-state index contributed by atoms with van der Waals surface area (Å²) in [7, 11) is 0. The van der Waals surface area contributed by atoms with Gasteiger partial charge in [-0.05, 0) is 73.6 Å². The van der Waals surface area contributed by atoms with Gasteiger partial charge in [0.25, 0.3) is 0 Å². The van der Waals surface area contributed by atoms with Gasteiger partial charge in [-0.15, -0.1) is 6.58 Å². The first kappa shape index (κ1) is 22.2. The average molecular weight is 421 g/mol. The lowest BCUT2D eigenvalue weighted by Gasteiger charge is -2.26. The normalized spacial score (nSPS) is 18.5. The largest absolute Gasteiger partial charge is 0.459 e. The second kappa shape index (κ2) is 10.5. The van der Waals surface area contributed by atoms with Crippen molar-refractivity contribution in [1.29, 1.82) is 0 Å². The summed E-state index contributed by atoms with van der Waals surface area (Å²) in [6.07, 6.45) is 8.64. The van der Waals surface area contributed by atoms with Crippen LogP contribution in [-0.4, -0.2) is 18.0 Å². The number of carbonyl (C=O) groups excluding carboxylic acids is 2. The van der Waals surface area contributed by atoms with Crippen LogP contribution in [0.3, 0.4) is 0 Å². The molecule has 3 rings (SSSR count). The number of ether oxygens (including phenoxy) is 2. The van der Waals surface area contributed by atoms with Gasteiger partial charge < -0.3 is 20.9 Å². The lowest BCUT2D eigenvalue weighted by molar-refractivity contribution is -0.138. The van der Waals surface area contributed by atoms with Crippen molar-refractivity contribution < 1.29 is 19.1 Å². The zero-order valence-electron chi connectivity index (χ0n) is 17.5. The number of esters is 2. The van der Waals surface area contributed by atoms with Crippen molar-refractivity contribution in [1.82, 2.24) is 0 Å². The number of anilines is 2. The van der Waals surface area contributed by atoms with E-state index in [-0.39, 0.29) is 18.7 Å². The SMILES string of the molecule is C=CC1CCC(OC(=O)c2ccc(C=CC(=O)OCc3cc(N)ccc3N)cc2)CC1. The van der Waals surface area contributed by atoms with Gasteiger partial charge in [-0.2, -0.15) is 0 Å². The summed E-state index contributed by atoms with van der Waals surface area (Å²) in [6.45, 7) is 3.87. The first-order valence-corrected chi connectivity index (χ1v) is 10.4. The molecule has 6 heteroatoms. The maximum absolute atomic E-state index is 12.4. The molecule has 31 heavy (non-hydrogen) atoms. The summed E-state index contributed by atoms with van der Waals surface area (Å²) in [5, 5.41) is 0. The fraction of sp³-hybridized carbons (Fsp3) is 0.280. The van der Waals surface area contributed by atoms with Crippen LogP contribution in [0.2, 0.25) is 0 Å². The van der Waals surface area contributed by atoms with Gasteiger partial charge in [0.15, 0.2) is 0 Å². The molecule has 1 fully saturated rings. The molecule has 0 unspecified atom stereocenters. The maximum Gasteiger partial charge on any atom is 0.338 e. The van der Waals surface area contributed by atoms with E-state index >= 15 is 0 Å². The Morgan fingerprint density at radius 3 is 2.42 bits per heavy atom. The highest BCUT2D eigenvalue weighted by atomic mass is 16.5. The first-order chi connectivity index (χ1) is 14.9. The van der Waals surface area contributed by atoms with E-state index in [0.29, 0.717) is 28.4 Å². The second-order valence-corrected chi connectivity index (χ2v) is 7.70. The van der Waals surface area contributed by atoms with Crippen molar-refractivity contribution in [3.63, 3.8) is 0 Å². The van der Waals surface area contributed by atoms with E-state index in [2.05, 4.69) is 6.58 Å². The highest BCUT2D eigenvalue weighted by Crippen LogP contribution is 2.27. The summed E-state index contributed by atoms with van der Waals surface area (Å²) in [4.78, 5) is 24.3. The number of carbonyl (C=O) groups is 2. The van der Waals surface area contributed by atoms with Crippen LogP contribution in [0.25, 0.3) is 6.08 Å². The van der Waals surface area contributed by atoms with Crippen molar-refractivity contribution in [2.45, 2.75) is 38.4 Å². The number of benzene rings is 2. The van der Waals surface area contributed by atoms with Crippen LogP contribution in [0, 0.1) is 5.92 Å². The minimum atomic E-state index is -0.500. The van der Waals surface area contributed by atoms with Crippen LogP contribution < -0.4 is 11.5 Å². The third-order valence-corrected chi connectivity index (χ3v) is 5.42. The van der Waals surface area contributed by atoms with E-state index in [9.17, 15) is 9.59 Å². The number of allylic oxidation sites excluding steroid dienone is 1. The van der Waals surface area contributed by atoms with Crippen molar-refractivity contribution in [3.05, 3.63) is 77.9 Å². The number of nitrogens with two attached hydrogens (primary N) is 2. The average Bonchev–Trinajstić information content (AvgIpc) is 2.79. The monoisotopic (exact) mass is 420 g/mol. The maximum atomic E-state index is 12.4. The molecule has 0 aromatic heterocycles. The Balaban J connectivity index is 1.48. The molecule has 1 aliphatic rings. The lowest BCUT2D eigenvalue weighted by atomic mass is 9.87. The van der Waals surface area contributed by atoms with Crippen molar-refractivity contribution >= 4 is 29.4 Å². The molecule has 4 N–H and O–H groups in total. The topological polar surface area (TPSA) is 105 Å². The summed E-state index contributed by atoms with van der Waals surface area (Å²) in [5.74, 6) is -0.298. The summed E-state index contributed by atoms with van der Waals surface area (Å²) >= 11 is 0. The number of hydrogen-bond donors (Lipinski definition) is 2. The lowest BCUT2D eigenvalue weighted by Crippen LogP contribution is -2.23. The molecule has 0 spiro atoms. The molecule has 0 saturated heterocycles. The van der Waals surface area contributed by atoms with Gasteiger partial charge in [0.05, 0.1) is 5.56 Å². The molecule has 0 heterocycles. The Bertz CT molecular complexity index is 958. The molecule has 1 aliphatic carbocycles. The van der Waals surface area contributed by atoms with E-state index in [1.54, 1.807) is 48.5 Å². The molecule has 1 saturated carbocycles. The van der Waals surface area contributed by atoms with Gasteiger partial charge in [0.1, 0.15) is 12.7 Å². The van der Waals surface area contributed by atoms with E-state index in [0.717, 1.165) is 31.2 Å². The highest BCUT2D eigenvalue weighted by molar-refractivity contribution is 5.90. The Hall–Kier alpha value is -3.54. The minimum absolute atomic E-state index is 0.0351. The van der Waals surface area contributed by atoms with E-state index in [4.69, 9.17) is 20.9 Å². The molecule has 0 atom stereocenters. The molecule has 0 aliphatic heterocycles. The fourth-order valence-electron chi connectivity index (χ4n) is 3.50. The standard InChI is InChI=1S/C25H28N2O4/c1-2-17-5-11-22(12-6-17)31-25(29)19-8-3-18(4-9-19)7-14-24(28)30-16-20-15-21(26)10-13-23(20)27/h2-4,7-10,13-15,17,22H,1,5-6,11-12,16,26-27H2. The highest BCUT2D eigenvalue weighted by Gasteiger charge is 2.22. The van der Waals surface area contributed by atoms with Crippen LogP contribution in [-0.2, 0) is 20.9 Å². The van der Waals surface area contributed by atoms with Gasteiger partial charge in [-0.3, -0.25) is 0 Å². The predicted octanol–water partition coefficient (Wildman–Crippen LogP) is 4.51. The first-order valence-electron chi connectivity index (χ1n) is 10.4. The van der Waals surface area contributed by atoms with Crippen LogP contribution >= 0.6 is 0 Å². The Morgan fingerprint density at radius 2 is 1.74 bits per heavy atom. The molecular weight excluding hydrogens is 392 g/mol. The van der Waals surface area contributed by atoms with E-state index in [1.165, 1.54) is 6.08 Å². The van der Waals surface area contributed by atoms with Crippen LogP contribution in [0.4, 0.5) is 11.4 Å². The van der Waals surface area contributed by atoms with Gasteiger partial charge in [0, 0.05) is 23.0 Å². The third kappa shape index (κ3) is 6.47. The van der Waals surface area contributed by atoms with Gasteiger partial charge >= 0.3 is 11.9 Å². The van der Waals surface area contributed by atoms with Gasteiger partial charge in [-0.25, -0.2) is 9.59 Å². The zero-order chi connectivity index (χ0) is 22.2. The molecule has 6 nitrogen and oxygen atoms in total. The van der Waals surface area contributed by atoms with E-state index < -0.39 is 5.97 Å². The summed E-state index contributed by atoms with van der Waals surface area (Å²) in [6, 6.07) is 11.9. The summed E-state index contributed by atoms with van der Waals surface area (Å²) in [5.41, 5.74) is 14.5.